The molecule has 4 aliphatic carbocycles. The molecule has 3 heterocycles. The summed E-state index contributed by atoms with van der Waals surface area (Å²) in [4.78, 5) is 27.5. The fourth-order valence-corrected chi connectivity index (χ4v) is 15.4. The van der Waals surface area contributed by atoms with E-state index in [0.29, 0.717) is 11.1 Å². The Hall–Kier alpha value is -9.36. The third-order valence-corrected chi connectivity index (χ3v) is 19.7. The van der Waals surface area contributed by atoms with Crippen LogP contribution in [0.25, 0.3) is 106 Å². The molecule has 7 aliphatic rings. The predicted molar refractivity (Wildman–Crippen MR) is 543 cm³/mol. The zero-order valence-corrected chi connectivity index (χ0v) is 77.9. The Balaban J connectivity index is 0.000000380. The summed E-state index contributed by atoms with van der Waals surface area (Å²) in [5.41, 5.74) is 14.0. The second-order valence-electron chi connectivity index (χ2n) is 27.7. The molecule has 0 bridgehead atoms. The molecular formula is C106H124B4I2O8. The lowest BCUT2D eigenvalue weighted by Gasteiger charge is -2.32. The van der Waals surface area contributed by atoms with Crippen LogP contribution in [0.5, 0.6) is 23.0 Å². The molecule has 3 aliphatic heterocycles. The van der Waals surface area contributed by atoms with Gasteiger partial charge in [0.15, 0.2) is 11.6 Å². The molecule has 5 unspecified atom stereocenters. The number of ether oxygens (including phenoxy) is 3. The van der Waals surface area contributed by atoms with Gasteiger partial charge in [0.25, 0.3) is 0 Å². The highest BCUT2D eigenvalue weighted by Gasteiger charge is 2.44. The minimum Gasteiger partial charge on any atom is -0.507 e. The Bertz CT molecular complexity index is 5490. The van der Waals surface area contributed by atoms with Crippen LogP contribution < -0.4 is 14.2 Å². The summed E-state index contributed by atoms with van der Waals surface area (Å²) in [7, 11) is 23.5. The molecular weight excluding hydrogens is 1700 g/mol. The van der Waals surface area contributed by atoms with Crippen molar-refractivity contribution in [2.75, 3.05) is 4.93 Å². The van der Waals surface area contributed by atoms with E-state index in [1.165, 1.54) is 58.3 Å². The summed E-state index contributed by atoms with van der Waals surface area (Å²) >= 11 is 3.55. The Labute approximate surface area is 755 Å². The Morgan fingerprint density at radius 2 is 0.667 bits per heavy atom. The third-order valence-electron chi connectivity index (χ3n) is 19.7. The molecule has 0 saturated carbocycles. The van der Waals surface area contributed by atoms with Crippen molar-refractivity contribution in [1.82, 2.24) is 0 Å². The topological polar surface area (TPSA) is 123 Å². The predicted octanol–water partition coefficient (Wildman–Crippen LogP) is 28.5. The number of alkyl halides is 1. The van der Waals surface area contributed by atoms with E-state index in [9.17, 15) is 19.8 Å². The van der Waals surface area contributed by atoms with Gasteiger partial charge in [-0.15, -0.1) is 30.2 Å². The highest BCUT2D eigenvalue weighted by atomic mass is 127. The lowest BCUT2D eigenvalue weighted by molar-refractivity contribution is 0.103. The van der Waals surface area contributed by atoms with E-state index < -0.39 is 27.6 Å². The molecule has 0 saturated heterocycles. The second kappa shape index (κ2) is 45.5. The molecule has 12 aromatic rings. The second-order valence-corrected chi connectivity index (χ2v) is 27.7. The van der Waals surface area contributed by atoms with E-state index in [0.717, 1.165) is 127 Å². The first-order valence-electron chi connectivity index (χ1n) is 41.7. The lowest BCUT2D eigenvalue weighted by Crippen LogP contribution is -2.32. The smallest absolute Gasteiger partial charge is 0.194 e. The molecule has 0 aromatic heterocycles. The highest BCUT2D eigenvalue weighted by Crippen LogP contribution is 2.59. The van der Waals surface area contributed by atoms with Gasteiger partial charge in [-0.1, -0.05) is 399 Å². The number of hydrogen-bond donors (Lipinski definition) is 3. The summed E-state index contributed by atoms with van der Waals surface area (Å²) in [5.74, 6) is 4.72. The minimum absolute atomic E-state index is 0. The van der Waals surface area contributed by atoms with Gasteiger partial charge in [0.05, 0.1) is 22.0 Å². The number of halogens is 2. The van der Waals surface area contributed by atoms with Gasteiger partial charge in [0.2, 0.25) is 0 Å². The van der Waals surface area contributed by atoms with Crippen molar-refractivity contribution in [3.8, 4) is 79.8 Å². The van der Waals surface area contributed by atoms with Crippen LogP contribution in [-0.4, -0.2) is 85.8 Å². The quantitative estimate of drug-likeness (QED) is 0.0594. The number of phenols is 1. The van der Waals surface area contributed by atoms with Crippen molar-refractivity contribution in [1.29, 1.82) is 0.594 Å². The van der Waals surface area contributed by atoms with Gasteiger partial charge in [-0.2, -0.15) is 0 Å². The first-order chi connectivity index (χ1) is 57.2. The number of benzene rings is 12. The summed E-state index contributed by atoms with van der Waals surface area (Å²) in [6.07, 6.45) is 16.5. The van der Waals surface area contributed by atoms with Gasteiger partial charge in [0.1, 0.15) is 60.6 Å². The van der Waals surface area contributed by atoms with Gasteiger partial charge < -0.3 is 29.5 Å². The average Bonchev–Trinajstić information content (AvgIpc) is 1.44. The summed E-state index contributed by atoms with van der Waals surface area (Å²) in [6.45, 7) is 45.4. The van der Waals surface area contributed by atoms with Gasteiger partial charge in [0, 0.05) is 82.6 Å². The molecule has 0 fully saturated rings. The minimum atomic E-state index is -1.43. The van der Waals surface area contributed by atoms with Crippen LogP contribution >= 0.6 is 46.4 Å². The fraction of sp³-hybridized carbons (Fsp3) is 0.302. The van der Waals surface area contributed by atoms with Gasteiger partial charge in [-0.25, -0.2) is 0 Å². The number of rotatable bonds is 0. The van der Waals surface area contributed by atoms with Crippen molar-refractivity contribution in [3.63, 3.8) is 0 Å². The molecule has 3 N–H and O–H groups in total. The summed E-state index contributed by atoms with van der Waals surface area (Å²) in [5, 5.41) is 37.7. The van der Waals surface area contributed by atoms with E-state index in [4.69, 9.17) is 51.3 Å². The molecule has 8 radical (unpaired) electrons. The number of fused-ring (bicyclic) bond motifs is 29. The first-order valence-corrected chi connectivity index (χ1v) is 43.5. The van der Waals surface area contributed by atoms with E-state index in [1.807, 2.05) is 319 Å². The Morgan fingerprint density at radius 3 is 1.07 bits per heavy atom. The van der Waals surface area contributed by atoms with Crippen molar-refractivity contribution in [2.24, 2.45) is 0 Å². The molecule has 12 aromatic carbocycles. The zero-order valence-electron chi connectivity index (χ0n) is 74.5. The van der Waals surface area contributed by atoms with Crippen LogP contribution in [0.3, 0.4) is 0 Å². The maximum absolute atomic E-state index is 13.0. The van der Waals surface area contributed by atoms with Crippen molar-refractivity contribution in [3.05, 3.63) is 280 Å². The Morgan fingerprint density at radius 1 is 0.392 bits per heavy atom. The van der Waals surface area contributed by atoms with Crippen LogP contribution in [-0.2, 0) is 11.0 Å². The number of terminal acetylenes is 1. The molecule has 5 atom stereocenters. The summed E-state index contributed by atoms with van der Waals surface area (Å²) < 4.78 is 24.2. The zero-order chi connectivity index (χ0) is 89.5. The van der Waals surface area contributed by atoms with Gasteiger partial charge in [-0.3, -0.25) is 9.59 Å². The maximum Gasteiger partial charge on any atom is 0.194 e. The van der Waals surface area contributed by atoms with Crippen LogP contribution in [0.4, 0.5) is 0 Å². The molecule has 8 nitrogen and oxygen atoms in total. The lowest BCUT2D eigenvalue weighted by atomic mass is 9.77. The fourth-order valence-electron chi connectivity index (χ4n) is 15.4. The van der Waals surface area contributed by atoms with E-state index in [-0.39, 0.29) is 37.6 Å². The first kappa shape index (κ1) is 103. The molecule has 0 amide bonds. The van der Waals surface area contributed by atoms with E-state index in [1.54, 1.807) is 6.07 Å². The SMILES string of the molecule is C.C.CC.CC.CC.CC.CC.CC.CC.CC.CI.O=C1c2ccccc2-c2cc(O)c3ccccc3c21.[2H]I.[B]C(C)(O)C#C.[B]C1(C)C=Cc2c3c(c4ccccc4c2O1)C(=O)c1ccccc1-3.[B]C1(C)C=Cc2c3c(c4ccccc4c2O1)C(C)(C)c1ccccc1-3.[B]C1(C)C=Cc2c3c(c4ccccc4c2O1)C(C)(O)c1ccccc1-3. The molecule has 622 valence electrons. The maximum atomic E-state index is 13.0. The number of ketones is 2. The molecule has 0 spiro atoms. The van der Waals surface area contributed by atoms with Crippen LogP contribution in [0, 0.1) is 12.3 Å². The number of phenolic OH excluding ortho intramolecular Hbond substituents is 1. The summed E-state index contributed by atoms with van der Waals surface area (Å²) in [6, 6.07) is 65.7. The number of carbonyl (C=O) groups is 2. The number of aliphatic hydroxyl groups is 2. The van der Waals surface area contributed by atoms with Gasteiger partial charge >= 0.3 is 0 Å². The largest absolute Gasteiger partial charge is 0.507 e. The molecule has 19 rings (SSSR count). The Kier molecular flexibility index (Phi) is 39.1. The van der Waals surface area contributed by atoms with Crippen molar-refractivity contribution in [2.45, 2.75) is 207 Å². The van der Waals surface area contributed by atoms with E-state index in [2.05, 4.69) is 104 Å². The number of aromatic hydroxyl groups is 1. The highest BCUT2D eigenvalue weighted by molar-refractivity contribution is 14.1. The normalized spacial score (nSPS) is 17.5. The van der Waals surface area contributed by atoms with Crippen molar-refractivity contribution >= 4 is 151 Å². The average molecular weight is 1820 g/mol. The van der Waals surface area contributed by atoms with Crippen LogP contribution in [0.2, 0.25) is 0 Å². The van der Waals surface area contributed by atoms with E-state index >= 15 is 0 Å². The van der Waals surface area contributed by atoms with Crippen LogP contribution in [0.15, 0.2) is 218 Å². The number of hydrogen-bond acceptors (Lipinski definition) is 8. The van der Waals surface area contributed by atoms with Crippen LogP contribution in [0.1, 0.15) is 245 Å². The molecule has 120 heavy (non-hydrogen) atoms. The van der Waals surface area contributed by atoms with Gasteiger partial charge in [-0.05, 0) is 117 Å². The number of carbonyl (C=O) groups excluding carboxylic acids is 2. The van der Waals surface area contributed by atoms with Crippen molar-refractivity contribution < 1.29 is 39.1 Å². The third kappa shape index (κ3) is 20.7. The molecule has 14 heteroatoms. The monoisotopic (exact) mass is 1820 g/mol. The standard InChI is InChI=1S/C23H19BO.C22H17BO2.C21H13BO2.C17H10O2.C4H5BO.8C2H6.CH3I.2CH4.HI/c1-22(2)18-11-7-6-10-16(18)19-17-12-13-23(3,24)25-21(17)15-9-5-4-8-14(15)20(19)22;1-21(23)12-11-16-18-15-9-5-6-10-17(15)22(2,24)19(18)13-7-3-4-8-14(13)20(16)25-21;1-21(22)11-10-16-17-12-6-2-4-8-14(12)19(23)18(17)13-7-3-5-9-15(13)20(16)24-21;18-15-9-14-10-5-1-4-8-13(10)17(19)16(14)12-7-3-2-6-11(12)15;1-3-4(2,5)6;9*1-2;;;/h4-13H,1-3H3;3-12,24H,1-2H3;2-11H,1H3;1-9,18H;1,6H,2H3;8*1-2H3;1H3;2*1H4;1H/i/hD.